The lowest BCUT2D eigenvalue weighted by molar-refractivity contribution is -0.113. The summed E-state index contributed by atoms with van der Waals surface area (Å²) in [7, 11) is 1.61. The van der Waals surface area contributed by atoms with Gasteiger partial charge in [-0.3, -0.25) is 9.78 Å². The monoisotopic (exact) mass is 412 g/mol. The van der Waals surface area contributed by atoms with Gasteiger partial charge in [-0.1, -0.05) is 23.7 Å². The number of hydrogen-bond donors (Lipinski definition) is 1. The van der Waals surface area contributed by atoms with Gasteiger partial charge in [0.05, 0.1) is 18.4 Å². The number of ether oxygens (including phenoxy) is 1. The van der Waals surface area contributed by atoms with E-state index in [0.717, 1.165) is 58.6 Å². The number of amides is 1. The van der Waals surface area contributed by atoms with Crippen molar-refractivity contribution in [1.29, 1.82) is 0 Å². The standard InChI is InChI=1S/C22H21ClN2O2S/c1-27-16-6-4-5-15(12-16)24-21(26)13-28-22-17-7-2-3-8-19(17)25-20-11-14(23)9-10-18(20)22/h4-6,9-12H,2-3,7-8,13H2,1H3,(H,24,26). The van der Waals surface area contributed by atoms with Gasteiger partial charge >= 0.3 is 0 Å². The lowest BCUT2D eigenvalue weighted by Crippen LogP contribution is -2.15. The van der Waals surface area contributed by atoms with Crippen molar-refractivity contribution in [3.63, 3.8) is 0 Å². The molecule has 4 nitrogen and oxygen atoms in total. The third-order valence-corrected chi connectivity index (χ3v) is 6.27. The SMILES string of the molecule is COc1cccc(NC(=O)CSc2c3c(nc4cc(Cl)ccc24)CCCC3)c1. The molecule has 1 aliphatic carbocycles. The average Bonchev–Trinajstić information content (AvgIpc) is 2.71. The number of hydrogen-bond acceptors (Lipinski definition) is 4. The molecule has 6 heteroatoms. The van der Waals surface area contributed by atoms with Crippen LogP contribution in [0.25, 0.3) is 10.9 Å². The van der Waals surface area contributed by atoms with Crippen molar-refractivity contribution in [2.24, 2.45) is 0 Å². The van der Waals surface area contributed by atoms with Crippen molar-refractivity contribution in [1.82, 2.24) is 4.98 Å². The van der Waals surface area contributed by atoms with Crippen LogP contribution in [0.15, 0.2) is 47.4 Å². The number of thioether (sulfide) groups is 1. The minimum atomic E-state index is -0.0401. The first kappa shape index (κ1) is 19.1. The number of benzene rings is 2. The molecule has 1 N–H and O–H groups in total. The number of pyridine rings is 1. The van der Waals surface area contributed by atoms with Gasteiger partial charge in [-0.25, -0.2) is 0 Å². The van der Waals surface area contributed by atoms with Gasteiger partial charge < -0.3 is 10.1 Å². The molecule has 0 saturated carbocycles. The van der Waals surface area contributed by atoms with E-state index in [9.17, 15) is 4.79 Å². The largest absolute Gasteiger partial charge is 0.497 e. The van der Waals surface area contributed by atoms with Gasteiger partial charge in [0.1, 0.15) is 5.75 Å². The fourth-order valence-corrected chi connectivity index (χ4v) is 4.79. The van der Waals surface area contributed by atoms with E-state index in [1.807, 2.05) is 42.5 Å². The summed E-state index contributed by atoms with van der Waals surface area (Å²) in [5.41, 5.74) is 4.08. The number of halogens is 1. The summed E-state index contributed by atoms with van der Waals surface area (Å²) < 4.78 is 5.21. The number of nitrogens with zero attached hydrogens (tertiary/aromatic N) is 1. The molecule has 0 atom stereocenters. The second kappa shape index (κ2) is 8.41. The van der Waals surface area contributed by atoms with Gasteiger partial charge in [0.2, 0.25) is 5.91 Å². The summed E-state index contributed by atoms with van der Waals surface area (Å²) in [5.74, 6) is 1.02. The third kappa shape index (κ3) is 4.10. The second-order valence-electron chi connectivity index (χ2n) is 6.80. The van der Waals surface area contributed by atoms with Crippen LogP contribution in [0.5, 0.6) is 5.75 Å². The van der Waals surface area contributed by atoms with Crippen LogP contribution in [0.1, 0.15) is 24.1 Å². The van der Waals surface area contributed by atoms with E-state index < -0.39 is 0 Å². The van der Waals surface area contributed by atoms with Gasteiger partial charge in [0.25, 0.3) is 0 Å². The highest BCUT2D eigenvalue weighted by Gasteiger charge is 2.19. The lowest BCUT2D eigenvalue weighted by Gasteiger charge is -2.20. The summed E-state index contributed by atoms with van der Waals surface area (Å²) in [6, 6.07) is 13.2. The quantitative estimate of drug-likeness (QED) is 0.561. The summed E-state index contributed by atoms with van der Waals surface area (Å²) >= 11 is 7.76. The van der Waals surface area contributed by atoms with E-state index in [4.69, 9.17) is 21.3 Å². The molecule has 4 rings (SSSR count). The number of carbonyl (C=O) groups is 1. The maximum atomic E-state index is 12.5. The van der Waals surface area contributed by atoms with Gasteiger partial charge in [-0.15, -0.1) is 11.8 Å². The molecule has 1 aromatic heterocycles. The van der Waals surface area contributed by atoms with E-state index in [1.165, 1.54) is 5.56 Å². The first-order valence-electron chi connectivity index (χ1n) is 9.32. The number of rotatable bonds is 5. The van der Waals surface area contributed by atoms with Crippen LogP contribution in [0, 0.1) is 0 Å². The fourth-order valence-electron chi connectivity index (χ4n) is 3.56. The minimum absolute atomic E-state index is 0.0401. The minimum Gasteiger partial charge on any atom is -0.497 e. The molecule has 0 bridgehead atoms. The molecule has 0 fully saturated rings. The Balaban J connectivity index is 1.57. The molecule has 0 aliphatic heterocycles. The maximum absolute atomic E-state index is 12.5. The Labute approximate surface area is 173 Å². The van der Waals surface area contributed by atoms with E-state index >= 15 is 0 Å². The first-order valence-corrected chi connectivity index (χ1v) is 10.7. The summed E-state index contributed by atoms with van der Waals surface area (Å²) in [5, 5.41) is 4.70. The Bertz CT molecular complexity index is 1040. The highest BCUT2D eigenvalue weighted by Crippen LogP contribution is 2.36. The highest BCUT2D eigenvalue weighted by molar-refractivity contribution is 8.00. The van der Waals surface area contributed by atoms with Crippen molar-refractivity contribution in [2.75, 3.05) is 18.2 Å². The van der Waals surface area contributed by atoms with E-state index in [2.05, 4.69) is 5.32 Å². The van der Waals surface area contributed by atoms with Crippen molar-refractivity contribution in [3.05, 3.63) is 58.7 Å². The second-order valence-corrected chi connectivity index (χ2v) is 8.23. The molecule has 3 aromatic rings. The number of aromatic nitrogens is 1. The van der Waals surface area contributed by atoms with E-state index in [1.54, 1.807) is 18.9 Å². The molecule has 0 saturated heterocycles. The fraction of sp³-hybridized carbons (Fsp3) is 0.273. The Morgan fingerprint density at radius 1 is 1.21 bits per heavy atom. The number of anilines is 1. The van der Waals surface area contributed by atoms with Crippen LogP contribution in [0.3, 0.4) is 0 Å². The van der Waals surface area contributed by atoms with Gasteiger partial charge in [-0.05, 0) is 55.5 Å². The van der Waals surface area contributed by atoms with E-state index in [-0.39, 0.29) is 5.91 Å². The first-order chi connectivity index (χ1) is 13.6. The molecule has 1 amide bonds. The van der Waals surface area contributed by atoms with Crippen molar-refractivity contribution >= 4 is 45.9 Å². The zero-order valence-electron chi connectivity index (χ0n) is 15.6. The predicted molar refractivity (Wildman–Crippen MR) is 116 cm³/mol. The predicted octanol–water partition coefficient (Wildman–Crippen LogP) is 5.51. The molecular weight excluding hydrogens is 392 g/mol. The molecule has 144 valence electrons. The molecule has 0 radical (unpaired) electrons. The molecule has 2 aromatic carbocycles. The Hall–Kier alpha value is -2.24. The molecule has 0 unspecified atom stereocenters. The molecular formula is C22H21ClN2O2S. The van der Waals surface area contributed by atoms with Gasteiger partial charge in [-0.2, -0.15) is 0 Å². The van der Waals surface area contributed by atoms with Crippen LogP contribution in [-0.4, -0.2) is 23.8 Å². The zero-order chi connectivity index (χ0) is 19.5. The van der Waals surface area contributed by atoms with Crippen LogP contribution >= 0.6 is 23.4 Å². The van der Waals surface area contributed by atoms with Gasteiger partial charge in [0.15, 0.2) is 0 Å². The molecule has 1 heterocycles. The normalized spacial score (nSPS) is 13.2. The number of nitrogens with one attached hydrogen (secondary N) is 1. The van der Waals surface area contributed by atoms with Crippen LogP contribution in [-0.2, 0) is 17.6 Å². The number of fused-ring (bicyclic) bond motifs is 2. The summed E-state index contributed by atoms with van der Waals surface area (Å²) in [6.07, 6.45) is 4.33. The van der Waals surface area contributed by atoms with Crippen molar-refractivity contribution in [3.8, 4) is 5.75 Å². The lowest BCUT2D eigenvalue weighted by atomic mass is 9.94. The Morgan fingerprint density at radius 2 is 2.07 bits per heavy atom. The van der Waals surface area contributed by atoms with E-state index in [0.29, 0.717) is 10.8 Å². The van der Waals surface area contributed by atoms with Crippen LogP contribution in [0.2, 0.25) is 5.02 Å². The number of methoxy groups -OCH3 is 1. The van der Waals surface area contributed by atoms with Crippen LogP contribution in [0.4, 0.5) is 5.69 Å². The third-order valence-electron chi connectivity index (χ3n) is 4.87. The molecule has 0 spiro atoms. The highest BCUT2D eigenvalue weighted by atomic mass is 35.5. The van der Waals surface area contributed by atoms with Crippen molar-refractivity contribution < 1.29 is 9.53 Å². The van der Waals surface area contributed by atoms with Gasteiger partial charge in [0, 0.05) is 32.8 Å². The summed E-state index contributed by atoms with van der Waals surface area (Å²) in [6.45, 7) is 0. The number of aryl methyl sites for hydroxylation is 1. The maximum Gasteiger partial charge on any atom is 0.234 e. The Kier molecular flexibility index (Phi) is 5.74. The van der Waals surface area contributed by atoms with Crippen LogP contribution < -0.4 is 10.1 Å². The summed E-state index contributed by atoms with van der Waals surface area (Å²) in [4.78, 5) is 18.5. The average molecular weight is 413 g/mol. The molecule has 1 aliphatic rings. The zero-order valence-corrected chi connectivity index (χ0v) is 17.2. The topological polar surface area (TPSA) is 51.2 Å². The number of carbonyl (C=O) groups excluding carboxylic acids is 1. The Morgan fingerprint density at radius 3 is 2.93 bits per heavy atom. The van der Waals surface area contributed by atoms with Crippen molar-refractivity contribution in [2.45, 2.75) is 30.6 Å². The smallest absolute Gasteiger partial charge is 0.234 e. The molecule has 28 heavy (non-hydrogen) atoms.